The standard InChI is InChI=1S/C14H24N2/c1-4-14(8-7-12(2)3)16-9-5-6-13(10-15)11-16/h4,7-8,13H,2,5-6,9-11,15H2,1,3H3/b8-7-,14-4+. The molecule has 1 fully saturated rings. The van der Waals surface area contributed by atoms with Gasteiger partial charge in [-0.1, -0.05) is 24.3 Å². The lowest BCUT2D eigenvalue weighted by atomic mass is 9.97. The minimum Gasteiger partial charge on any atom is -0.371 e. The summed E-state index contributed by atoms with van der Waals surface area (Å²) in [7, 11) is 0. The minimum atomic E-state index is 0.655. The zero-order valence-electron chi connectivity index (χ0n) is 10.6. The zero-order chi connectivity index (χ0) is 12.0. The highest BCUT2D eigenvalue weighted by Crippen LogP contribution is 2.20. The van der Waals surface area contributed by atoms with Crippen molar-refractivity contribution in [3.05, 3.63) is 36.1 Å². The molecule has 1 heterocycles. The van der Waals surface area contributed by atoms with Gasteiger partial charge in [0, 0.05) is 18.8 Å². The van der Waals surface area contributed by atoms with E-state index in [4.69, 9.17) is 5.73 Å². The van der Waals surface area contributed by atoms with Crippen molar-refractivity contribution in [1.29, 1.82) is 0 Å². The van der Waals surface area contributed by atoms with E-state index in [1.807, 2.05) is 6.92 Å². The Morgan fingerprint density at radius 2 is 2.25 bits per heavy atom. The Bertz CT molecular complexity index is 289. The first kappa shape index (κ1) is 13.0. The topological polar surface area (TPSA) is 29.3 Å². The van der Waals surface area contributed by atoms with E-state index in [-0.39, 0.29) is 0 Å². The molecule has 0 aromatic rings. The van der Waals surface area contributed by atoms with Gasteiger partial charge in [-0.15, -0.1) is 0 Å². The van der Waals surface area contributed by atoms with E-state index in [1.165, 1.54) is 18.5 Å². The molecule has 1 atom stereocenters. The Labute approximate surface area is 99.5 Å². The van der Waals surface area contributed by atoms with Crippen molar-refractivity contribution in [1.82, 2.24) is 4.90 Å². The fourth-order valence-electron chi connectivity index (χ4n) is 2.10. The molecule has 0 aromatic carbocycles. The molecule has 1 rings (SSSR count). The molecule has 2 N–H and O–H groups in total. The van der Waals surface area contributed by atoms with Crippen molar-refractivity contribution in [3.8, 4) is 0 Å². The summed E-state index contributed by atoms with van der Waals surface area (Å²) in [5, 5.41) is 0. The van der Waals surface area contributed by atoms with Crippen LogP contribution < -0.4 is 5.73 Å². The predicted molar refractivity (Wildman–Crippen MR) is 71.1 cm³/mol. The molecule has 1 unspecified atom stereocenters. The molecule has 0 bridgehead atoms. The molecule has 0 radical (unpaired) electrons. The van der Waals surface area contributed by atoms with Gasteiger partial charge < -0.3 is 10.6 Å². The summed E-state index contributed by atoms with van der Waals surface area (Å²) in [4.78, 5) is 2.43. The van der Waals surface area contributed by atoms with Crippen molar-refractivity contribution in [3.63, 3.8) is 0 Å². The molecule has 90 valence electrons. The average molecular weight is 220 g/mol. The fraction of sp³-hybridized carbons (Fsp3) is 0.571. The number of nitrogens with two attached hydrogens (primary N) is 1. The van der Waals surface area contributed by atoms with Gasteiger partial charge in [0.1, 0.15) is 0 Å². The van der Waals surface area contributed by atoms with Crippen molar-refractivity contribution < 1.29 is 0 Å². The van der Waals surface area contributed by atoms with E-state index in [2.05, 4.69) is 36.6 Å². The molecule has 0 spiro atoms. The van der Waals surface area contributed by atoms with Gasteiger partial charge >= 0.3 is 0 Å². The van der Waals surface area contributed by atoms with Crippen LogP contribution in [0, 0.1) is 5.92 Å². The largest absolute Gasteiger partial charge is 0.371 e. The third kappa shape index (κ3) is 3.86. The van der Waals surface area contributed by atoms with Crippen LogP contribution in [-0.2, 0) is 0 Å². The van der Waals surface area contributed by atoms with E-state index in [1.54, 1.807) is 0 Å². The van der Waals surface area contributed by atoms with Crippen LogP contribution in [0.15, 0.2) is 36.1 Å². The molecule has 2 nitrogen and oxygen atoms in total. The molecule has 2 heteroatoms. The molecule has 0 amide bonds. The Kier molecular flexibility index (Phi) is 5.33. The fourth-order valence-corrected chi connectivity index (χ4v) is 2.10. The number of nitrogens with zero attached hydrogens (tertiary/aromatic N) is 1. The summed E-state index contributed by atoms with van der Waals surface area (Å²) in [6, 6.07) is 0. The molecular formula is C14H24N2. The van der Waals surface area contributed by atoms with Gasteiger partial charge in [-0.3, -0.25) is 0 Å². The lowest BCUT2D eigenvalue weighted by molar-refractivity contribution is 0.226. The first-order valence-electron chi connectivity index (χ1n) is 6.12. The molecule has 1 aliphatic heterocycles. The number of likely N-dealkylation sites (tertiary alicyclic amines) is 1. The molecule has 0 aromatic heterocycles. The molecule has 1 saturated heterocycles. The van der Waals surface area contributed by atoms with E-state index < -0.39 is 0 Å². The maximum absolute atomic E-state index is 5.75. The quantitative estimate of drug-likeness (QED) is 0.738. The van der Waals surface area contributed by atoms with Crippen molar-refractivity contribution in [2.45, 2.75) is 26.7 Å². The number of piperidine rings is 1. The first-order chi connectivity index (χ1) is 7.67. The molecular weight excluding hydrogens is 196 g/mol. The Morgan fingerprint density at radius 3 is 2.81 bits per heavy atom. The maximum atomic E-state index is 5.75. The average Bonchev–Trinajstić information content (AvgIpc) is 2.30. The molecule has 1 aliphatic rings. The van der Waals surface area contributed by atoms with Crippen molar-refractivity contribution in [2.24, 2.45) is 11.7 Å². The Balaban J connectivity index is 2.62. The second kappa shape index (κ2) is 6.54. The number of rotatable bonds is 4. The Morgan fingerprint density at radius 1 is 1.50 bits per heavy atom. The third-order valence-electron chi connectivity index (χ3n) is 3.05. The van der Waals surface area contributed by atoms with Gasteiger partial charge in [-0.05, 0) is 45.2 Å². The lowest BCUT2D eigenvalue weighted by Gasteiger charge is -2.34. The summed E-state index contributed by atoms with van der Waals surface area (Å²) < 4.78 is 0. The smallest absolute Gasteiger partial charge is 0.0323 e. The van der Waals surface area contributed by atoms with Crippen LogP contribution in [0.4, 0.5) is 0 Å². The van der Waals surface area contributed by atoms with Crippen molar-refractivity contribution in [2.75, 3.05) is 19.6 Å². The molecule has 0 saturated carbocycles. The lowest BCUT2D eigenvalue weighted by Crippen LogP contribution is -2.37. The highest BCUT2D eigenvalue weighted by molar-refractivity contribution is 5.24. The zero-order valence-corrected chi connectivity index (χ0v) is 10.6. The Hall–Kier alpha value is -1.02. The maximum Gasteiger partial charge on any atom is 0.0323 e. The highest BCUT2D eigenvalue weighted by Gasteiger charge is 2.18. The van der Waals surface area contributed by atoms with Crippen molar-refractivity contribution >= 4 is 0 Å². The number of allylic oxidation sites excluding steroid dienone is 4. The minimum absolute atomic E-state index is 0.655. The normalized spacial score (nSPS) is 22.8. The number of hydrogen-bond donors (Lipinski definition) is 1. The summed E-state index contributed by atoms with van der Waals surface area (Å²) in [5.41, 5.74) is 8.13. The van der Waals surface area contributed by atoms with Crippen LogP contribution in [0.25, 0.3) is 0 Å². The van der Waals surface area contributed by atoms with Gasteiger partial charge in [0.2, 0.25) is 0 Å². The van der Waals surface area contributed by atoms with Crippen LogP contribution in [0.3, 0.4) is 0 Å². The summed E-state index contributed by atoms with van der Waals surface area (Å²) in [6.45, 7) is 11.0. The summed E-state index contributed by atoms with van der Waals surface area (Å²) in [5.74, 6) is 0.655. The second-order valence-electron chi connectivity index (χ2n) is 4.58. The van der Waals surface area contributed by atoms with E-state index in [0.717, 1.165) is 25.2 Å². The SMILES string of the molecule is C=C(C)/C=C\C(=C/C)N1CCCC(CN)C1. The van der Waals surface area contributed by atoms with Gasteiger partial charge in [0.25, 0.3) is 0 Å². The van der Waals surface area contributed by atoms with Crippen LogP contribution in [0.2, 0.25) is 0 Å². The number of hydrogen-bond acceptors (Lipinski definition) is 2. The molecule has 0 aliphatic carbocycles. The molecule has 16 heavy (non-hydrogen) atoms. The van der Waals surface area contributed by atoms with Crippen LogP contribution in [0.5, 0.6) is 0 Å². The van der Waals surface area contributed by atoms with Crippen LogP contribution in [0.1, 0.15) is 26.7 Å². The third-order valence-corrected chi connectivity index (χ3v) is 3.05. The van der Waals surface area contributed by atoms with Gasteiger partial charge in [0.05, 0.1) is 0 Å². The summed E-state index contributed by atoms with van der Waals surface area (Å²) >= 11 is 0. The van der Waals surface area contributed by atoms with E-state index in [0.29, 0.717) is 5.92 Å². The monoisotopic (exact) mass is 220 g/mol. The van der Waals surface area contributed by atoms with Crippen LogP contribution >= 0.6 is 0 Å². The predicted octanol–water partition coefficient (Wildman–Crippen LogP) is 2.69. The first-order valence-corrected chi connectivity index (χ1v) is 6.12. The van der Waals surface area contributed by atoms with Gasteiger partial charge in [-0.2, -0.15) is 0 Å². The second-order valence-corrected chi connectivity index (χ2v) is 4.58. The summed E-state index contributed by atoms with van der Waals surface area (Å²) in [6.07, 6.45) is 8.91. The van der Waals surface area contributed by atoms with Gasteiger partial charge in [-0.25, -0.2) is 0 Å². The van der Waals surface area contributed by atoms with Gasteiger partial charge in [0.15, 0.2) is 0 Å². The highest BCUT2D eigenvalue weighted by atomic mass is 15.1. The van der Waals surface area contributed by atoms with Crippen LogP contribution in [-0.4, -0.2) is 24.5 Å². The van der Waals surface area contributed by atoms with E-state index in [9.17, 15) is 0 Å². The van der Waals surface area contributed by atoms with E-state index >= 15 is 0 Å².